The molecule has 0 radical (unpaired) electrons. The number of hydrogen-bond acceptors (Lipinski definition) is 6. The van der Waals surface area contributed by atoms with Gasteiger partial charge in [0.1, 0.15) is 0 Å². The maximum absolute atomic E-state index is 12.2. The lowest BCUT2D eigenvalue weighted by Crippen LogP contribution is -2.51. The van der Waals surface area contributed by atoms with E-state index >= 15 is 0 Å². The minimum atomic E-state index is -0.468. The van der Waals surface area contributed by atoms with E-state index in [9.17, 15) is 9.59 Å². The predicted molar refractivity (Wildman–Crippen MR) is 87.5 cm³/mol. The Morgan fingerprint density at radius 3 is 2.62 bits per heavy atom. The van der Waals surface area contributed by atoms with E-state index in [1.165, 1.54) is 11.6 Å². The maximum Gasteiger partial charge on any atom is 0.446 e. The number of methoxy groups -OCH3 is 1. The van der Waals surface area contributed by atoms with Crippen LogP contribution in [0.4, 0.5) is 4.79 Å². The molecule has 1 aromatic rings. The van der Waals surface area contributed by atoms with E-state index < -0.39 is 11.9 Å². The summed E-state index contributed by atoms with van der Waals surface area (Å²) in [5.74, 6) is 1.30. The molecule has 8 nitrogen and oxygen atoms in total. The maximum atomic E-state index is 12.2. The summed E-state index contributed by atoms with van der Waals surface area (Å²) in [6, 6.07) is 4.84. The van der Waals surface area contributed by atoms with E-state index in [0.717, 1.165) is 4.90 Å². The molecule has 8 heteroatoms. The third-order valence-electron chi connectivity index (χ3n) is 3.76. The van der Waals surface area contributed by atoms with Crippen LogP contribution in [0, 0.1) is 0 Å². The second-order valence-corrected chi connectivity index (χ2v) is 5.22. The lowest BCUT2D eigenvalue weighted by atomic mass is 10.2. The van der Waals surface area contributed by atoms with Crippen LogP contribution in [-0.2, 0) is 4.79 Å². The molecule has 0 unspecified atom stereocenters. The van der Waals surface area contributed by atoms with Gasteiger partial charge in [0, 0.05) is 5.56 Å². The Labute approximate surface area is 138 Å². The minimum absolute atomic E-state index is 0.155. The number of benzene rings is 1. The molecule has 124 valence electrons. The Morgan fingerprint density at radius 1 is 1.21 bits per heavy atom. The summed E-state index contributed by atoms with van der Waals surface area (Å²) in [4.78, 5) is 33.8. The molecule has 0 aliphatic carbocycles. The van der Waals surface area contributed by atoms with E-state index in [2.05, 4.69) is 9.98 Å². The number of aliphatic imine (C=N–C) groups is 2. The number of urea groups is 1. The minimum Gasteiger partial charge on any atom is -0.493 e. The first-order valence-corrected chi connectivity index (χ1v) is 7.39. The number of rotatable bonds is 4. The molecular formula is C16H17N4O4+. The monoisotopic (exact) mass is 329 g/mol. The highest BCUT2D eigenvalue weighted by Gasteiger charge is 2.44. The van der Waals surface area contributed by atoms with E-state index in [4.69, 9.17) is 9.47 Å². The van der Waals surface area contributed by atoms with Crippen LogP contribution in [0.5, 0.6) is 11.5 Å². The zero-order chi connectivity index (χ0) is 17.4. The van der Waals surface area contributed by atoms with Gasteiger partial charge >= 0.3 is 17.8 Å². The highest BCUT2D eigenvalue weighted by molar-refractivity contribution is 6.70. The van der Waals surface area contributed by atoms with Crippen molar-refractivity contribution in [3.8, 4) is 11.5 Å². The number of fused-ring (bicyclic) bond motifs is 1. The van der Waals surface area contributed by atoms with Crippen molar-refractivity contribution in [2.75, 3.05) is 27.8 Å². The Balaban J connectivity index is 2.05. The van der Waals surface area contributed by atoms with Gasteiger partial charge in [-0.15, -0.1) is 0 Å². The molecule has 2 aliphatic heterocycles. The highest BCUT2D eigenvalue weighted by atomic mass is 16.5. The molecule has 0 fully saturated rings. The summed E-state index contributed by atoms with van der Waals surface area (Å²) in [7, 11) is 4.52. The zero-order valence-corrected chi connectivity index (χ0v) is 13.9. The van der Waals surface area contributed by atoms with Gasteiger partial charge in [-0.05, 0) is 25.1 Å². The van der Waals surface area contributed by atoms with Gasteiger partial charge in [-0.1, -0.05) is 4.99 Å². The number of hydrogen-bond donors (Lipinski definition) is 0. The number of amides is 3. The second-order valence-electron chi connectivity index (χ2n) is 5.22. The first kappa shape index (κ1) is 15.9. The van der Waals surface area contributed by atoms with E-state index in [0.29, 0.717) is 29.5 Å². The number of carbonyl (C=O) groups is 2. The van der Waals surface area contributed by atoms with Gasteiger partial charge in [-0.25, -0.2) is 9.59 Å². The number of ether oxygens (including phenoxy) is 2. The summed E-state index contributed by atoms with van der Waals surface area (Å²) in [6.45, 7) is 2.40. The van der Waals surface area contributed by atoms with Crippen LogP contribution >= 0.6 is 0 Å². The average Bonchev–Trinajstić information content (AvgIpc) is 3.04. The first-order valence-electron chi connectivity index (χ1n) is 7.39. The normalized spacial score (nSPS) is 16.9. The van der Waals surface area contributed by atoms with E-state index in [1.807, 2.05) is 6.92 Å². The molecular weight excluding hydrogens is 312 g/mol. The van der Waals surface area contributed by atoms with Crippen LogP contribution in [-0.4, -0.2) is 66.6 Å². The lowest BCUT2D eigenvalue weighted by molar-refractivity contribution is -0.401. The van der Waals surface area contributed by atoms with Crippen LogP contribution in [0.1, 0.15) is 12.5 Å². The van der Waals surface area contributed by atoms with Crippen LogP contribution in [0.2, 0.25) is 0 Å². The third-order valence-corrected chi connectivity index (χ3v) is 3.76. The van der Waals surface area contributed by atoms with Gasteiger partial charge in [0.2, 0.25) is 11.5 Å². The molecule has 0 saturated heterocycles. The van der Waals surface area contributed by atoms with Crippen molar-refractivity contribution < 1.29 is 23.6 Å². The summed E-state index contributed by atoms with van der Waals surface area (Å²) < 4.78 is 12.1. The van der Waals surface area contributed by atoms with Crippen molar-refractivity contribution in [1.82, 2.24) is 4.90 Å². The first-order chi connectivity index (χ1) is 11.5. The highest BCUT2D eigenvalue weighted by Crippen LogP contribution is 2.29. The molecule has 0 saturated carbocycles. The Morgan fingerprint density at radius 2 is 1.96 bits per heavy atom. The standard InChI is InChI=1S/C16H17N4O4/c1-5-24-10-7-6-9(8-11(10)23-4)13-17-12-14(18-13)19(2)16(22)20(3)15(12)21/h6-8H,5H2,1-4H3/q+1. The predicted octanol–water partition coefficient (Wildman–Crippen LogP) is 0.928. The van der Waals surface area contributed by atoms with Crippen molar-refractivity contribution in [3.05, 3.63) is 23.8 Å². The van der Waals surface area contributed by atoms with Gasteiger partial charge in [0.05, 0.1) is 27.8 Å². The average molecular weight is 329 g/mol. The number of imide groups is 1. The van der Waals surface area contributed by atoms with Gasteiger partial charge in [-0.2, -0.15) is 14.5 Å². The molecule has 24 heavy (non-hydrogen) atoms. The fourth-order valence-electron chi connectivity index (χ4n) is 2.48. The molecule has 1 aromatic carbocycles. The summed E-state index contributed by atoms with van der Waals surface area (Å²) in [5.41, 5.74) is 0.823. The van der Waals surface area contributed by atoms with Crippen LogP contribution in [0.15, 0.2) is 28.2 Å². The summed E-state index contributed by atoms with van der Waals surface area (Å²) in [6.07, 6.45) is 0. The fourth-order valence-corrected chi connectivity index (χ4v) is 2.48. The Hall–Kier alpha value is -3.03. The number of nitrogens with zero attached hydrogens (tertiary/aromatic N) is 4. The van der Waals surface area contributed by atoms with Crippen molar-refractivity contribution in [3.63, 3.8) is 0 Å². The van der Waals surface area contributed by atoms with Gasteiger partial charge in [0.25, 0.3) is 0 Å². The molecule has 0 atom stereocenters. The largest absolute Gasteiger partial charge is 0.493 e. The SMILES string of the molecule is CCOc1ccc(C2=NC3=[N+](C)C(=O)N(C)C(=O)C3=N2)cc1OC. The Bertz CT molecular complexity index is 838. The molecule has 3 rings (SSSR count). The van der Waals surface area contributed by atoms with Crippen molar-refractivity contribution >= 4 is 29.3 Å². The van der Waals surface area contributed by atoms with Crippen molar-refractivity contribution in [2.45, 2.75) is 6.92 Å². The second kappa shape index (κ2) is 5.88. The quantitative estimate of drug-likeness (QED) is 0.769. The smallest absolute Gasteiger partial charge is 0.446 e. The molecule has 0 N–H and O–H groups in total. The van der Waals surface area contributed by atoms with E-state index in [1.54, 1.807) is 32.4 Å². The number of amidine groups is 2. The molecule has 0 spiro atoms. The molecule has 2 aliphatic rings. The van der Waals surface area contributed by atoms with Gasteiger partial charge in [0.15, 0.2) is 11.5 Å². The molecule has 0 aromatic heterocycles. The van der Waals surface area contributed by atoms with Crippen LogP contribution < -0.4 is 9.47 Å². The zero-order valence-electron chi connectivity index (χ0n) is 13.9. The summed E-state index contributed by atoms with van der Waals surface area (Å²) >= 11 is 0. The van der Waals surface area contributed by atoms with E-state index in [-0.39, 0.29) is 11.5 Å². The Kier molecular flexibility index (Phi) is 3.88. The lowest BCUT2D eigenvalue weighted by Gasteiger charge is -2.15. The van der Waals surface area contributed by atoms with Crippen LogP contribution in [0.25, 0.3) is 0 Å². The van der Waals surface area contributed by atoms with Crippen molar-refractivity contribution in [1.29, 1.82) is 0 Å². The molecule has 2 heterocycles. The fraction of sp³-hybridized carbons (Fsp3) is 0.312. The van der Waals surface area contributed by atoms with Crippen LogP contribution in [0.3, 0.4) is 0 Å². The molecule has 0 bridgehead atoms. The van der Waals surface area contributed by atoms with Gasteiger partial charge < -0.3 is 9.47 Å². The van der Waals surface area contributed by atoms with Crippen molar-refractivity contribution in [2.24, 2.45) is 9.98 Å². The molecule has 3 amide bonds. The summed E-state index contributed by atoms with van der Waals surface area (Å²) in [5, 5.41) is 0. The number of carbonyl (C=O) groups excluding carboxylic acids is 2. The third kappa shape index (κ3) is 2.36. The topological polar surface area (TPSA) is 83.6 Å². The van der Waals surface area contributed by atoms with Gasteiger partial charge in [-0.3, -0.25) is 0 Å².